The van der Waals surface area contributed by atoms with Crippen LogP contribution in [0, 0.1) is 0 Å². The second kappa shape index (κ2) is 5.27. The first-order chi connectivity index (χ1) is 8.72. The van der Waals surface area contributed by atoms with Gasteiger partial charge in [-0.2, -0.15) is 0 Å². The molecule has 1 heterocycles. The number of nitrogens with one attached hydrogen (secondary N) is 1. The smallest absolute Gasteiger partial charge is 0.339 e. The number of H-pyrrole nitrogens is 1. The summed E-state index contributed by atoms with van der Waals surface area (Å²) in [6, 6.07) is 8.46. The zero-order chi connectivity index (χ0) is 13.0. The highest BCUT2D eigenvalue weighted by atomic mass is 16.5. The fourth-order valence-electron chi connectivity index (χ4n) is 1.60. The van der Waals surface area contributed by atoms with Crippen LogP contribution >= 0.6 is 0 Å². The highest BCUT2D eigenvalue weighted by molar-refractivity contribution is 5.92. The van der Waals surface area contributed by atoms with Crippen molar-refractivity contribution in [3.8, 4) is 11.5 Å². The van der Waals surface area contributed by atoms with Crippen molar-refractivity contribution in [2.75, 3.05) is 7.11 Å². The number of rotatable bonds is 5. The number of aromatic nitrogens is 1. The van der Waals surface area contributed by atoms with Gasteiger partial charge in [0.25, 0.3) is 0 Å². The van der Waals surface area contributed by atoms with Crippen LogP contribution < -0.4 is 9.47 Å². The lowest BCUT2D eigenvalue weighted by Gasteiger charge is -2.12. The molecule has 2 N–H and O–H groups in total. The first-order valence-corrected chi connectivity index (χ1v) is 5.37. The number of para-hydroxylation sites is 1. The van der Waals surface area contributed by atoms with E-state index in [-0.39, 0.29) is 17.9 Å². The van der Waals surface area contributed by atoms with Crippen molar-refractivity contribution in [2.45, 2.75) is 6.61 Å². The number of hydrogen-bond acceptors (Lipinski definition) is 3. The Morgan fingerprint density at radius 1 is 1.33 bits per heavy atom. The largest absolute Gasteiger partial charge is 0.493 e. The Morgan fingerprint density at radius 2 is 2.17 bits per heavy atom. The average molecular weight is 247 g/mol. The van der Waals surface area contributed by atoms with E-state index < -0.39 is 5.97 Å². The first kappa shape index (κ1) is 12.0. The number of aromatic amines is 1. The molecule has 0 aliphatic carbocycles. The van der Waals surface area contributed by atoms with Gasteiger partial charge < -0.3 is 19.6 Å². The molecular formula is C13H13NO4. The van der Waals surface area contributed by atoms with Crippen LogP contribution in [0.15, 0.2) is 36.5 Å². The van der Waals surface area contributed by atoms with Gasteiger partial charge >= 0.3 is 5.97 Å². The molecule has 1 aromatic carbocycles. The van der Waals surface area contributed by atoms with Gasteiger partial charge in [-0.05, 0) is 24.3 Å². The van der Waals surface area contributed by atoms with E-state index in [1.54, 1.807) is 18.3 Å². The summed E-state index contributed by atoms with van der Waals surface area (Å²) in [4.78, 5) is 14.1. The minimum absolute atomic E-state index is 0.0842. The van der Waals surface area contributed by atoms with Crippen molar-refractivity contribution in [2.24, 2.45) is 0 Å². The summed E-state index contributed by atoms with van der Waals surface area (Å²) in [5.41, 5.74) is 0.943. The lowest BCUT2D eigenvalue weighted by Crippen LogP contribution is -2.05. The van der Waals surface area contributed by atoms with E-state index in [0.717, 1.165) is 5.69 Å². The predicted molar refractivity (Wildman–Crippen MR) is 65.1 cm³/mol. The van der Waals surface area contributed by atoms with Crippen LogP contribution in [0.25, 0.3) is 0 Å². The molecule has 0 aliphatic rings. The van der Waals surface area contributed by atoms with Crippen LogP contribution in [0.4, 0.5) is 0 Å². The Bertz CT molecular complexity index is 534. The number of benzene rings is 1. The van der Waals surface area contributed by atoms with Crippen molar-refractivity contribution in [3.05, 3.63) is 47.8 Å². The van der Waals surface area contributed by atoms with E-state index in [1.165, 1.54) is 13.2 Å². The third kappa shape index (κ3) is 2.45. The van der Waals surface area contributed by atoms with E-state index in [0.29, 0.717) is 5.75 Å². The highest BCUT2D eigenvalue weighted by Gasteiger charge is 2.16. The number of ether oxygens (including phenoxy) is 2. The van der Waals surface area contributed by atoms with Gasteiger partial charge in [-0.3, -0.25) is 0 Å². The third-order valence-corrected chi connectivity index (χ3v) is 2.46. The summed E-state index contributed by atoms with van der Waals surface area (Å²) in [5.74, 6) is -0.404. The lowest BCUT2D eigenvalue weighted by molar-refractivity contribution is 0.0690. The second-order valence-electron chi connectivity index (χ2n) is 3.63. The van der Waals surface area contributed by atoms with Crippen LogP contribution in [0.3, 0.4) is 0 Å². The van der Waals surface area contributed by atoms with Gasteiger partial charge in [0.1, 0.15) is 12.2 Å². The Hall–Kier alpha value is -2.43. The van der Waals surface area contributed by atoms with Crippen LogP contribution in [0.2, 0.25) is 0 Å². The summed E-state index contributed by atoms with van der Waals surface area (Å²) in [6.45, 7) is 0.258. The van der Waals surface area contributed by atoms with E-state index in [4.69, 9.17) is 14.6 Å². The molecule has 0 spiro atoms. The number of carboxylic acids is 1. The molecule has 0 unspecified atom stereocenters. The number of carboxylic acid groups (broad SMARTS) is 1. The molecule has 0 fully saturated rings. The first-order valence-electron chi connectivity index (χ1n) is 5.37. The van der Waals surface area contributed by atoms with Gasteiger partial charge in [0, 0.05) is 6.20 Å². The topological polar surface area (TPSA) is 71.6 Å². The zero-order valence-corrected chi connectivity index (χ0v) is 9.84. The van der Waals surface area contributed by atoms with Crippen LogP contribution in [-0.2, 0) is 6.61 Å². The number of carbonyl (C=O) groups is 1. The average Bonchev–Trinajstić information content (AvgIpc) is 2.88. The number of methoxy groups -OCH3 is 1. The summed E-state index contributed by atoms with van der Waals surface area (Å²) >= 11 is 0. The SMILES string of the molecule is COc1cccc(C(=O)O)c1OCc1ccc[nH]1. The maximum atomic E-state index is 11.1. The molecule has 0 aliphatic heterocycles. The minimum Gasteiger partial charge on any atom is -0.493 e. The van der Waals surface area contributed by atoms with Gasteiger partial charge in [-0.25, -0.2) is 4.79 Å². The molecule has 0 bridgehead atoms. The van der Waals surface area contributed by atoms with Gasteiger partial charge in [0.15, 0.2) is 11.5 Å². The van der Waals surface area contributed by atoms with Crippen molar-refractivity contribution >= 4 is 5.97 Å². The molecule has 0 amide bonds. The molecule has 2 aromatic rings. The molecule has 0 atom stereocenters. The van der Waals surface area contributed by atoms with E-state index in [2.05, 4.69) is 4.98 Å². The van der Waals surface area contributed by atoms with E-state index in [1.807, 2.05) is 12.1 Å². The predicted octanol–water partition coefficient (Wildman–Crippen LogP) is 2.30. The van der Waals surface area contributed by atoms with Crippen molar-refractivity contribution in [1.82, 2.24) is 4.98 Å². The standard InChI is InChI=1S/C13H13NO4/c1-17-11-6-2-5-10(13(15)16)12(11)18-8-9-4-3-7-14-9/h2-7,14H,8H2,1H3,(H,15,16). The summed E-state index contributed by atoms with van der Waals surface area (Å²) in [7, 11) is 1.47. The summed E-state index contributed by atoms with van der Waals surface area (Å²) in [5, 5.41) is 9.10. The maximum absolute atomic E-state index is 11.1. The van der Waals surface area contributed by atoms with E-state index >= 15 is 0 Å². The Morgan fingerprint density at radius 3 is 2.78 bits per heavy atom. The fourth-order valence-corrected chi connectivity index (χ4v) is 1.60. The van der Waals surface area contributed by atoms with E-state index in [9.17, 15) is 4.79 Å². The van der Waals surface area contributed by atoms with Crippen LogP contribution in [0.5, 0.6) is 11.5 Å². The van der Waals surface area contributed by atoms with Crippen molar-refractivity contribution in [1.29, 1.82) is 0 Å². The molecule has 0 saturated heterocycles. The maximum Gasteiger partial charge on any atom is 0.339 e. The molecule has 2 rings (SSSR count). The molecule has 5 nitrogen and oxygen atoms in total. The Labute approximate surface area is 104 Å². The molecule has 5 heteroatoms. The normalized spacial score (nSPS) is 10.1. The number of aromatic carboxylic acids is 1. The second-order valence-corrected chi connectivity index (χ2v) is 3.63. The lowest BCUT2D eigenvalue weighted by atomic mass is 10.2. The fraction of sp³-hybridized carbons (Fsp3) is 0.154. The van der Waals surface area contributed by atoms with Gasteiger partial charge in [-0.1, -0.05) is 6.07 Å². The van der Waals surface area contributed by atoms with Crippen molar-refractivity contribution < 1.29 is 19.4 Å². The third-order valence-electron chi connectivity index (χ3n) is 2.46. The Balaban J connectivity index is 2.26. The molecule has 0 radical (unpaired) electrons. The quantitative estimate of drug-likeness (QED) is 0.850. The Kier molecular flexibility index (Phi) is 3.52. The highest BCUT2D eigenvalue weighted by Crippen LogP contribution is 2.31. The molecule has 1 aromatic heterocycles. The van der Waals surface area contributed by atoms with Crippen molar-refractivity contribution in [3.63, 3.8) is 0 Å². The molecular weight excluding hydrogens is 234 g/mol. The van der Waals surface area contributed by atoms with Gasteiger partial charge in [-0.15, -0.1) is 0 Å². The summed E-state index contributed by atoms with van der Waals surface area (Å²) in [6.07, 6.45) is 1.78. The number of hydrogen-bond donors (Lipinski definition) is 2. The molecule has 18 heavy (non-hydrogen) atoms. The van der Waals surface area contributed by atoms with Crippen LogP contribution in [0.1, 0.15) is 16.1 Å². The minimum atomic E-state index is -1.05. The molecule has 94 valence electrons. The molecule has 0 saturated carbocycles. The van der Waals surface area contributed by atoms with Gasteiger partial charge in [0.05, 0.1) is 12.8 Å². The zero-order valence-electron chi connectivity index (χ0n) is 9.84. The van der Waals surface area contributed by atoms with Crippen LogP contribution in [-0.4, -0.2) is 23.2 Å². The monoisotopic (exact) mass is 247 g/mol. The summed E-state index contributed by atoms with van der Waals surface area (Å²) < 4.78 is 10.6. The van der Waals surface area contributed by atoms with Gasteiger partial charge in [0.2, 0.25) is 0 Å².